The monoisotopic (exact) mass is 367 g/mol. The first-order valence-electron chi connectivity index (χ1n) is 9.57. The first kappa shape index (κ1) is 16.5. The molecule has 0 atom stereocenters. The van der Waals surface area contributed by atoms with Crippen molar-refractivity contribution in [3.8, 4) is 5.75 Å². The van der Waals surface area contributed by atoms with Gasteiger partial charge in [0.2, 0.25) is 0 Å². The van der Waals surface area contributed by atoms with Gasteiger partial charge in [0, 0.05) is 17.9 Å². The molecule has 1 N–H and O–H groups in total. The van der Waals surface area contributed by atoms with E-state index < -0.39 is 10.9 Å². The van der Waals surface area contributed by atoms with Crippen LogP contribution in [0.3, 0.4) is 0 Å². The molecule has 0 radical (unpaired) electrons. The molecule has 0 unspecified atom stereocenters. The summed E-state index contributed by atoms with van der Waals surface area (Å²) in [4.78, 5) is 22.0. The highest BCUT2D eigenvalue weighted by Gasteiger charge is 2.58. The minimum Gasteiger partial charge on any atom is -0.482 e. The molecule has 1 spiro atoms. The number of nitro benzene ring substituents is 1. The van der Waals surface area contributed by atoms with E-state index in [-0.39, 0.29) is 16.9 Å². The highest BCUT2D eigenvalue weighted by molar-refractivity contribution is 5.87. The third kappa shape index (κ3) is 2.42. The lowest BCUT2D eigenvalue weighted by molar-refractivity contribution is -0.385. The summed E-state index contributed by atoms with van der Waals surface area (Å²) in [6.07, 6.45) is 12.2. The van der Waals surface area contributed by atoms with Crippen LogP contribution in [0.4, 0.5) is 5.69 Å². The summed E-state index contributed by atoms with van der Waals surface area (Å²) in [5.41, 5.74) is 0.287. The molecule has 4 bridgehead atoms. The van der Waals surface area contributed by atoms with E-state index in [4.69, 9.17) is 9.84 Å². The number of ether oxygens (including phenoxy) is 1. The number of carboxylic acids is 1. The van der Waals surface area contributed by atoms with E-state index in [1.165, 1.54) is 38.2 Å². The Labute approximate surface area is 156 Å². The molecule has 1 aromatic rings. The second-order valence-electron chi connectivity index (χ2n) is 8.44. The van der Waals surface area contributed by atoms with Crippen molar-refractivity contribution in [2.75, 3.05) is 0 Å². The summed E-state index contributed by atoms with van der Waals surface area (Å²) in [7, 11) is 0. The lowest BCUT2D eigenvalue weighted by Crippen LogP contribution is -2.60. The van der Waals surface area contributed by atoms with E-state index in [1.54, 1.807) is 12.1 Å². The van der Waals surface area contributed by atoms with Gasteiger partial charge in [0.25, 0.3) is 5.69 Å². The molecule has 0 amide bonds. The van der Waals surface area contributed by atoms with E-state index in [0.717, 1.165) is 17.9 Å². The normalized spacial score (nSPS) is 35.4. The Hall–Kier alpha value is -2.63. The molecule has 27 heavy (non-hydrogen) atoms. The molecule has 5 aliphatic rings. The zero-order chi connectivity index (χ0) is 18.8. The second kappa shape index (κ2) is 5.68. The number of carboxylic acid groups (broad SMARTS) is 1. The highest BCUT2D eigenvalue weighted by Crippen LogP contribution is 2.61. The predicted molar refractivity (Wildman–Crippen MR) is 99.2 cm³/mol. The molecular formula is C21H21NO5. The van der Waals surface area contributed by atoms with Crippen LogP contribution < -0.4 is 4.74 Å². The zero-order valence-corrected chi connectivity index (χ0v) is 14.8. The fraction of sp³-hybridized carbons (Fsp3) is 0.476. The van der Waals surface area contributed by atoms with Gasteiger partial charge in [-0.3, -0.25) is 10.1 Å². The van der Waals surface area contributed by atoms with Gasteiger partial charge in [-0.1, -0.05) is 0 Å². The fourth-order valence-corrected chi connectivity index (χ4v) is 6.15. The van der Waals surface area contributed by atoms with Crippen LogP contribution in [0, 0.1) is 33.8 Å². The first-order chi connectivity index (χ1) is 13.0. The number of nitrogens with zero attached hydrogens (tertiary/aromatic N) is 1. The number of nitro groups is 1. The Morgan fingerprint density at radius 2 is 1.85 bits per heavy atom. The van der Waals surface area contributed by atoms with Gasteiger partial charge >= 0.3 is 5.97 Å². The van der Waals surface area contributed by atoms with Crippen LogP contribution in [0.1, 0.15) is 43.2 Å². The summed E-state index contributed by atoms with van der Waals surface area (Å²) in [5.74, 6) is 2.02. The summed E-state index contributed by atoms with van der Waals surface area (Å²) in [6, 6.07) is 3.33. The number of fused-ring (bicyclic) bond motifs is 1. The van der Waals surface area contributed by atoms with E-state index >= 15 is 0 Å². The Bertz CT molecular complexity index is 872. The summed E-state index contributed by atoms with van der Waals surface area (Å²) < 4.78 is 6.54. The molecule has 6 rings (SSSR count). The van der Waals surface area contributed by atoms with E-state index in [9.17, 15) is 14.9 Å². The third-order valence-electron chi connectivity index (χ3n) is 7.01. The standard InChI is InChI=1S/C21H21NO5/c23-19(24)4-2-14-1-3-18-17(20(14)22(25)26)5-6-21(27-18)15-8-12-7-13(10-15)11-16(21)9-12/h1-6,12-13,15-16H,7-11H2,(H,23,24)/b4-2+. The van der Waals surface area contributed by atoms with Gasteiger partial charge in [0.1, 0.15) is 11.4 Å². The Morgan fingerprint density at radius 1 is 1.19 bits per heavy atom. The maximum atomic E-state index is 11.7. The van der Waals surface area contributed by atoms with Crippen molar-refractivity contribution in [1.29, 1.82) is 0 Å². The minimum atomic E-state index is -1.14. The molecule has 0 aromatic heterocycles. The number of aliphatic carboxylic acids is 1. The summed E-state index contributed by atoms with van der Waals surface area (Å²) >= 11 is 0. The molecule has 1 aliphatic heterocycles. The fourth-order valence-electron chi connectivity index (χ4n) is 6.15. The van der Waals surface area contributed by atoms with Crippen molar-refractivity contribution < 1.29 is 19.6 Å². The Kier molecular flexibility index (Phi) is 3.48. The molecule has 1 heterocycles. The quantitative estimate of drug-likeness (QED) is 0.489. The Morgan fingerprint density at radius 3 is 2.44 bits per heavy atom. The van der Waals surface area contributed by atoms with Crippen LogP contribution in [0.2, 0.25) is 0 Å². The molecule has 6 nitrogen and oxygen atoms in total. The Balaban J connectivity index is 1.56. The number of benzene rings is 1. The molecule has 0 saturated heterocycles. The minimum absolute atomic E-state index is 0.0973. The van der Waals surface area contributed by atoms with Crippen molar-refractivity contribution in [3.63, 3.8) is 0 Å². The molecule has 4 saturated carbocycles. The molecule has 1 aromatic carbocycles. The van der Waals surface area contributed by atoms with Crippen LogP contribution in [-0.2, 0) is 4.79 Å². The van der Waals surface area contributed by atoms with Crippen molar-refractivity contribution in [2.24, 2.45) is 23.7 Å². The number of carbonyl (C=O) groups is 1. The van der Waals surface area contributed by atoms with Crippen molar-refractivity contribution in [2.45, 2.75) is 37.7 Å². The second-order valence-corrected chi connectivity index (χ2v) is 8.44. The van der Waals surface area contributed by atoms with Crippen LogP contribution in [-0.4, -0.2) is 21.6 Å². The van der Waals surface area contributed by atoms with Gasteiger partial charge < -0.3 is 9.84 Å². The molecule has 140 valence electrons. The number of hydrogen-bond acceptors (Lipinski definition) is 4. The lowest BCUT2D eigenvalue weighted by Gasteiger charge is -2.60. The summed E-state index contributed by atoms with van der Waals surface area (Å²) in [6.45, 7) is 0. The van der Waals surface area contributed by atoms with Gasteiger partial charge in [-0.15, -0.1) is 0 Å². The van der Waals surface area contributed by atoms with Crippen molar-refractivity contribution in [1.82, 2.24) is 0 Å². The largest absolute Gasteiger partial charge is 0.482 e. The predicted octanol–water partition coefficient (Wildman–Crippen LogP) is 4.29. The van der Waals surface area contributed by atoms with Crippen molar-refractivity contribution in [3.05, 3.63) is 45.5 Å². The zero-order valence-electron chi connectivity index (χ0n) is 14.8. The van der Waals surface area contributed by atoms with Gasteiger partial charge in [-0.25, -0.2) is 4.79 Å². The summed E-state index contributed by atoms with van der Waals surface area (Å²) in [5, 5.41) is 20.5. The van der Waals surface area contributed by atoms with Crippen LogP contribution in [0.15, 0.2) is 24.3 Å². The first-order valence-corrected chi connectivity index (χ1v) is 9.57. The molecule has 6 heteroatoms. The molecule has 4 fully saturated rings. The highest BCUT2D eigenvalue weighted by atomic mass is 16.6. The van der Waals surface area contributed by atoms with Gasteiger partial charge in [0.05, 0.1) is 16.1 Å². The van der Waals surface area contributed by atoms with Crippen LogP contribution in [0.5, 0.6) is 5.75 Å². The van der Waals surface area contributed by atoms with E-state index in [1.807, 2.05) is 6.08 Å². The van der Waals surface area contributed by atoms with Gasteiger partial charge in [0.15, 0.2) is 0 Å². The lowest BCUT2D eigenvalue weighted by atomic mass is 9.49. The van der Waals surface area contributed by atoms with Crippen molar-refractivity contribution >= 4 is 23.8 Å². The smallest absolute Gasteiger partial charge is 0.328 e. The average Bonchev–Trinajstić information content (AvgIpc) is 2.63. The maximum Gasteiger partial charge on any atom is 0.328 e. The third-order valence-corrected chi connectivity index (χ3v) is 7.01. The van der Waals surface area contributed by atoms with Crippen LogP contribution in [0.25, 0.3) is 12.2 Å². The maximum absolute atomic E-state index is 11.7. The molecular weight excluding hydrogens is 346 g/mol. The number of hydrogen-bond donors (Lipinski definition) is 1. The molecule has 4 aliphatic carbocycles. The number of rotatable bonds is 3. The van der Waals surface area contributed by atoms with Gasteiger partial charge in [-0.05, 0) is 74.3 Å². The average molecular weight is 367 g/mol. The topological polar surface area (TPSA) is 89.7 Å². The van der Waals surface area contributed by atoms with E-state index in [0.29, 0.717) is 23.1 Å². The van der Waals surface area contributed by atoms with Gasteiger partial charge in [-0.2, -0.15) is 0 Å². The van der Waals surface area contributed by atoms with E-state index in [2.05, 4.69) is 6.08 Å². The van der Waals surface area contributed by atoms with Crippen LogP contribution >= 0.6 is 0 Å². The SMILES string of the molecule is O=C(O)/C=C/c1ccc2c(c1[N+](=O)[O-])C=CC1(O2)C2CC3CC(C2)CC1C3.